The van der Waals surface area contributed by atoms with Gasteiger partial charge in [-0.2, -0.15) is 5.26 Å². The summed E-state index contributed by atoms with van der Waals surface area (Å²) >= 11 is 6.55. The minimum Gasteiger partial charge on any atom is -0.304 e. The molecule has 1 heterocycles. The largest absolute Gasteiger partial charge is 0.304 e. The molecule has 0 bridgehead atoms. The van der Waals surface area contributed by atoms with Crippen molar-refractivity contribution in [3.05, 3.63) is 58.4 Å². The molecule has 0 aliphatic carbocycles. The number of nitrogens with one attached hydrogen (secondary N) is 1. The molecule has 2 aromatic rings. The molecule has 0 unspecified atom stereocenters. The lowest BCUT2D eigenvalue weighted by Gasteiger charge is -2.27. The van der Waals surface area contributed by atoms with Crippen molar-refractivity contribution in [1.82, 2.24) is 10.2 Å². The van der Waals surface area contributed by atoms with Crippen molar-refractivity contribution in [3.8, 4) is 17.2 Å². The Hall–Kier alpha value is -1.93. The number of rotatable bonds is 3. The maximum absolute atomic E-state index is 13.9. The second-order valence-corrected chi connectivity index (χ2v) is 6.03. The summed E-state index contributed by atoms with van der Waals surface area (Å²) < 4.78 is 13.9. The predicted octanol–water partition coefficient (Wildman–Crippen LogP) is 3.77. The van der Waals surface area contributed by atoms with Crippen LogP contribution in [0.25, 0.3) is 11.1 Å². The minimum absolute atomic E-state index is 0.0421. The highest BCUT2D eigenvalue weighted by molar-refractivity contribution is 6.34. The standard InChI is InChI=1S/C18H17ClFN3/c19-18-15(11-23-8-2-7-22-12-23)3-1-4-16(18)13-5-6-14(10-21)17(20)9-13/h1,3-6,9,22H,2,7-8,11-12H2. The first-order valence-electron chi connectivity index (χ1n) is 7.59. The Kier molecular flexibility index (Phi) is 4.92. The van der Waals surface area contributed by atoms with Crippen LogP contribution in [0.3, 0.4) is 0 Å². The van der Waals surface area contributed by atoms with Crippen LogP contribution in [0.1, 0.15) is 17.5 Å². The number of halogens is 2. The first-order valence-corrected chi connectivity index (χ1v) is 7.97. The lowest BCUT2D eigenvalue weighted by molar-refractivity contribution is 0.208. The van der Waals surface area contributed by atoms with Crippen LogP contribution in [0.5, 0.6) is 0 Å². The summed E-state index contributed by atoms with van der Waals surface area (Å²) in [6.07, 6.45) is 1.12. The van der Waals surface area contributed by atoms with E-state index in [1.54, 1.807) is 6.07 Å². The molecule has 23 heavy (non-hydrogen) atoms. The molecular weight excluding hydrogens is 313 g/mol. The van der Waals surface area contributed by atoms with E-state index in [4.69, 9.17) is 16.9 Å². The van der Waals surface area contributed by atoms with Crippen LogP contribution < -0.4 is 5.32 Å². The van der Waals surface area contributed by atoms with Crippen molar-refractivity contribution in [3.63, 3.8) is 0 Å². The molecule has 3 rings (SSSR count). The van der Waals surface area contributed by atoms with E-state index < -0.39 is 5.82 Å². The van der Waals surface area contributed by atoms with Gasteiger partial charge in [0.15, 0.2) is 0 Å². The van der Waals surface area contributed by atoms with Crippen LogP contribution in [-0.2, 0) is 6.54 Å². The molecule has 1 aliphatic rings. The highest BCUT2D eigenvalue weighted by atomic mass is 35.5. The van der Waals surface area contributed by atoms with E-state index >= 15 is 0 Å². The molecule has 1 saturated heterocycles. The van der Waals surface area contributed by atoms with Gasteiger partial charge in [0.05, 0.1) is 10.6 Å². The smallest absolute Gasteiger partial charge is 0.141 e. The van der Waals surface area contributed by atoms with Gasteiger partial charge in [-0.15, -0.1) is 0 Å². The zero-order chi connectivity index (χ0) is 16.2. The van der Waals surface area contributed by atoms with Crippen LogP contribution in [0.2, 0.25) is 5.02 Å². The Balaban J connectivity index is 1.90. The molecule has 0 spiro atoms. The second-order valence-electron chi connectivity index (χ2n) is 5.65. The molecular formula is C18H17ClFN3. The van der Waals surface area contributed by atoms with Crippen LogP contribution in [0, 0.1) is 17.1 Å². The van der Waals surface area contributed by atoms with Gasteiger partial charge < -0.3 is 5.32 Å². The summed E-state index contributed by atoms with van der Waals surface area (Å²) in [5.41, 5.74) is 2.54. The minimum atomic E-state index is -0.522. The second kappa shape index (κ2) is 7.10. The number of benzene rings is 2. The van der Waals surface area contributed by atoms with Crippen molar-refractivity contribution >= 4 is 11.6 Å². The van der Waals surface area contributed by atoms with Crippen molar-refractivity contribution in [2.24, 2.45) is 0 Å². The van der Waals surface area contributed by atoms with Gasteiger partial charge in [-0.05, 0) is 36.2 Å². The maximum atomic E-state index is 13.9. The van der Waals surface area contributed by atoms with E-state index in [0.29, 0.717) is 10.6 Å². The van der Waals surface area contributed by atoms with E-state index in [0.717, 1.165) is 43.9 Å². The van der Waals surface area contributed by atoms with Gasteiger partial charge in [0.2, 0.25) is 0 Å². The van der Waals surface area contributed by atoms with Gasteiger partial charge in [-0.25, -0.2) is 4.39 Å². The Labute approximate surface area is 140 Å². The van der Waals surface area contributed by atoms with Crippen molar-refractivity contribution in [2.75, 3.05) is 19.8 Å². The summed E-state index contributed by atoms with van der Waals surface area (Å²) in [5, 5.41) is 12.8. The monoisotopic (exact) mass is 329 g/mol. The molecule has 0 aromatic heterocycles. The van der Waals surface area contributed by atoms with Gasteiger partial charge in [0, 0.05) is 25.3 Å². The zero-order valence-corrected chi connectivity index (χ0v) is 13.4. The Morgan fingerprint density at radius 1 is 1.30 bits per heavy atom. The van der Waals surface area contributed by atoms with Crippen LogP contribution >= 0.6 is 11.6 Å². The quantitative estimate of drug-likeness (QED) is 0.931. The highest BCUT2D eigenvalue weighted by Crippen LogP contribution is 2.32. The predicted molar refractivity (Wildman–Crippen MR) is 89.5 cm³/mol. The molecule has 5 heteroatoms. The number of hydrogen-bond donors (Lipinski definition) is 1. The summed E-state index contributed by atoms with van der Waals surface area (Å²) in [7, 11) is 0. The first-order chi connectivity index (χ1) is 11.2. The average molecular weight is 330 g/mol. The summed E-state index contributed by atoms with van der Waals surface area (Å²) in [6.45, 7) is 3.71. The van der Waals surface area contributed by atoms with Crippen LogP contribution in [0.4, 0.5) is 4.39 Å². The zero-order valence-electron chi connectivity index (χ0n) is 12.6. The maximum Gasteiger partial charge on any atom is 0.141 e. The molecule has 1 aliphatic heterocycles. The number of nitrogens with zero attached hydrogens (tertiary/aromatic N) is 2. The van der Waals surface area contributed by atoms with E-state index in [1.807, 2.05) is 24.3 Å². The van der Waals surface area contributed by atoms with E-state index in [2.05, 4.69) is 10.2 Å². The SMILES string of the molecule is N#Cc1ccc(-c2cccc(CN3CCCNC3)c2Cl)cc1F. The van der Waals surface area contributed by atoms with Gasteiger partial charge >= 0.3 is 0 Å². The van der Waals surface area contributed by atoms with E-state index in [9.17, 15) is 4.39 Å². The first kappa shape index (κ1) is 15.9. The molecule has 2 aromatic carbocycles. The fourth-order valence-electron chi connectivity index (χ4n) is 2.82. The fourth-order valence-corrected chi connectivity index (χ4v) is 3.11. The molecule has 0 radical (unpaired) electrons. The average Bonchev–Trinajstić information content (AvgIpc) is 2.58. The Morgan fingerprint density at radius 2 is 2.17 bits per heavy atom. The molecule has 118 valence electrons. The Morgan fingerprint density at radius 3 is 2.87 bits per heavy atom. The number of nitriles is 1. The van der Waals surface area contributed by atoms with Crippen molar-refractivity contribution in [1.29, 1.82) is 5.26 Å². The van der Waals surface area contributed by atoms with Gasteiger partial charge in [-0.3, -0.25) is 4.90 Å². The topological polar surface area (TPSA) is 39.1 Å². The van der Waals surface area contributed by atoms with Gasteiger partial charge in [-0.1, -0.05) is 35.9 Å². The molecule has 0 atom stereocenters. The molecule has 1 N–H and O–H groups in total. The molecule has 1 fully saturated rings. The van der Waals surface area contributed by atoms with Gasteiger partial charge in [0.25, 0.3) is 0 Å². The highest BCUT2D eigenvalue weighted by Gasteiger charge is 2.14. The normalized spacial score (nSPS) is 15.3. The third-order valence-electron chi connectivity index (χ3n) is 4.04. The van der Waals surface area contributed by atoms with Crippen molar-refractivity contribution in [2.45, 2.75) is 13.0 Å². The number of hydrogen-bond acceptors (Lipinski definition) is 3. The Bertz CT molecular complexity index is 748. The molecule has 3 nitrogen and oxygen atoms in total. The molecule has 0 amide bonds. The summed E-state index contributed by atoms with van der Waals surface area (Å²) in [5.74, 6) is -0.522. The third-order valence-corrected chi connectivity index (χ3v) is 4.48. The van der Waals surface area contributed by atoms with E-state index in [1.165, 1.54) is 12.1 Å². The van der Waals surface area contributed by atoms with Crippen molar-refractivity contribution < 1.29 is 4.39 Å². The van der Waals surface area contributed by atoms with Crippen LogP contribution in [-0.4, -0.2) is 24.7 Å². The summed E-state index contributed by atoms with van der Waals surface area (Å²) in [6, 6.07) is 12.2. The summed E-state index contributed by atoms with van der Waals surface area (Å²) in [4.78, 5) is 2.30. The van der Waals surface area contributed by atoms with Gasteiger partial charge in [0.1, 0.15) is 11.9 Å². The molecule has 0 saturated carbocycles. The van der Waals surface area contributed by atoms with E-state index in [-0.39, 0.29) is 5.56 Å². The lowest BCUT2D eigenvalue weighted by atomic mass is 10.0. The van der Waals surface area contributed by atoms with Crippen LogP contribution in [0.15, 0.2) is 36.4 Å². The third kappa shape index (κ3) is 3.53. The lowest BCUT2D eigenvalue weighted by Crippen LogP contribution is -2.40. The fraction of sp³-hybridized carbons (Fsp3) is 0.278.